The molecule has 0 fully saturated rings. The summed E-state index contributed by atoms with van der Waals surface area (Å²) in [6.07, 6.45) is 0.628. The van der Waals surface area contributed by atoms with Gasteiger partial charge in [-0.2, -0.15) is 0 Å². The molecule has 24 heavy (non-hydrogen) atoms. The zero-order valence-electron chi connectivity index (χ0n) is 12.6. The smallest absolute Gasteiger partial charge is 0.252 e. The number of benzene rings is 1. The second-order valence-electron chi connectivity index (χ2n) is 5.16. The summed E-state index contributed by atoms with van der Waals surface area (Å²) in [5, 5.41) is 14.4. The van der Waals surface area contributed by atoms with Gasteiger partial charge in [0.1, 0.15) is 24.3 Å². The van der Waals surface area contributed by atoms with Gasteiger partial charge < -0.3 is 15.2 Å². The van der Waals surface area contributed by atoms with Gasteiger partial charge in [0, 0.05) is 12.7 Å². The van der Waals surface area contributed by atoms with Crippen LogP contribution in [-0.4, -0.2) is 35.3 Å². The monoisotopic (exact) mass is 346 g/mol. The van der Waals surface area contributed by atoms with E-state index in [1.165, 1.54) is 41.8 Å². The van der Waals surface area contributed by atoms with Gasteiger partial charge in [0.2, 0.25) is 0 Å². The fraction of sp³-hybridized carbons (Fsp3) is 0.176. The van der Waals surface area contributed by atoms with Crippen molar-refractivity contribution in [1.82, 2.24) is 10.3 Å². The van der Waals surface area contributed by atoms with Crippen LogP contribution in [0.1, 0.15) is 10.4 Å². The summed E-state index contributed by atoms with van der Waals surface area (Å²) in [5.41, 5.74) is 1.29. The Morgan fingerprint density at radius 3 is 2.92 bits per heavy atom. The molecule has 7 heteroatoms. The first kappa shape index (κ1) is 16.4. The zero-order valence-corrected chi connectivity index (χ0v) is 13.4. The van der Waals surface area contributed by atoms with Crippen molar-refractivity contribution >= 4 is 27.5 Å². The van der Waals surface area contributed by atoms with Crippen LogP contribution >= 0.6 is 11.3 Å². The Balaban J connectivity index is 1.48. The Labute approximate surface area is 141 Å². The molecule has 0 saturated heterocycles. The number of amides is 1. The minimum Gasteiger partial charge on any atom is -0.491 e. The number of ether oxygens (including phenoxy) is 1. The molecule has 0 radical (unpaired) electrons. The number of halogens is 1. The van der Waals surface area contributed by atoms with Gasteiger partial charge in [-0.25, -0.2) is 4.39 Å². The number of thiophene rings is 1. The summed E-state index contributed by atoms with van der Waals surface area (Å²) in [6.45, 7) is 0.0383. The van der Waals surface area contributed by atoms with Crippen LogP contribution in [0.25, 0.3) is 10.2 Å². The highest BCUT2D eigenvalue weighted by atomic mass is 32.1. The quantitative estimate of drug-likeness (QED) is 0.720. The third kappa shape index (κ3) is 4.06. The number of hydrogen-bond donors (Lipinski definition) is 2. The Morgan fingerprint density at radius 2 is 2.12 bits per heavy atom. The summed E-state index contributed by atoms with van der Waals surface area (Å²) in [5.74, 6) is -0.209. The normalized spacial score (nSPS) is 12.1. The van der Waals surface area contributed by atoms with Crippen LogP contribution in [0.2, 0.25) is 0 Å². The number of carbonyl (C=O) groups excluding carboxylic acids is 1. The lowest BCUT2D eigenvalue weighted by atomic mass is 10.2. The number of nitrogens with zero attached hydrogens (tertiary/aromatic N) is 1. The summed E-state index contributed by atoms with van der Waals surface area (Å²) in [7, 11) is 0. The van der Waals surface area contributed by atoms with Crippen molar-refractivity contribution in [3.8, 4) is 5.75 Å². The lowest BCUT2D eigenvalue weighted by molar-refractivity contribution is 0.0843. The van der Waals surface area contributed by atoms with E-state index in [1.807, 2.05) is 11.4 Å². The van der Waals surface area contributed by atoms with Gasteiger partial charge in [-0.15, -0.1) is 11.3 Å². The van der Waals surface area contributed by atoms with E-state index in [9.17, 15) is 14.3 Å². The van der Waals surface area contributed by atoms with Crippen LogP contribution in [0, 0.1) is 5.82 Å². The predicted molar refractivity (Wildman–Crippen MR) is 89.9 cm³/mol. The second-order valence-corrected chi connectivity index (χ2v) is 6.10. The van der Waals surface area contributed by atoms with Crippen LogP contribution in [0.15, 0.2) is 48.0 Å². The summed E-state index contributed by atoms with van der Waals surface area (Å²) < 4.78 is 19.0. The van der Waals surface area contributed by atoms with E-state index in [-0.39, 0.29) is 24.9 Å². The molecular weight excluding hydrogens is 331 g/mol. The summed E-state index contributed by atoms with van der Waals surface area (Å²) in [6, 6.07) is 9.15. The fourth-order valence-electron chi connectivity index (χ4n) is 2.07. The Kier molecular flexibility index (Phi) is 5.02. The van der Waals surface area contributed by atoms with E-state index in [0.717, 1.165) is 10.2 Å². The van der Waals surface area contributed by atoms with Gasteiger partial charge in [-0.1, -0.05) is 0 Å². The molecular formula is C17H15FN2O3S. The Morgan fingerprint density at radius 1 is 1.33 bits per heavy atom. The van der Waals surface area contributed by atoms with Gasteiger partial charge in [0.15, 0.2) is 0 Å². The molecule has 3 aromatic rings. The average molecular weight is 346 g/mol. The van der Waals surface area contributed by atoms with Crippen molar-refractivity contribution in [1.29, 1.82) is 0 Å². The third-order valence-electron chi connectivity index (χ3n) is 3.32. The Hall–Kier alpha value is -2.51. The number of aliphatic hydroxyl groups excluding tert-OH is 1. The lowest BCUT2D eigenvalue weighted by Gasteiger charge is -2.13. The van der Waals surface area contributed by atoms with Gasteiger partial charge >= 0.3 is 0 Å². The van der Waals surface area contributed by atoms with Gasteiger partial charge in [0.05, 0.1) is 15.8 Å². The minimum atomic E-state index is -0.877. The molecule has 0 aliphatic heterocycles. The minimum absolute atomic E-state index is 0.00583. The molecule has 0 bridgehead atoms. The van der Waals surface area contributed by atoms with Crippen LogP contribution in [0.5, 0.6) is 5.75 Å². The van der Waals surface area contributed by atoms with Crippen molar-refractivity contribution in [2.45, 2.75) is 6.10 Å². The summed E-state index contributed by atoms with van der Waals surface area (Å²) in [4.78, 5) is 16.3. The molecule has 0 aliphatic carbocycles. The van der Waals surface area contributed by atoms with Crippen LogP contribution in [0.4, 0.5) is 4.39 Å². The van der Waals surface area contributed by atoms with Gasteiger partial charge in [0.25, 0.3) is 5.91 Å². The first-order valence-electron chi connectivity index (χ1n) is 7.30. The number of rotatable bonds is 6. The molecule has 2 N–H and O–H groups in total. The van der Waals surface area contributed by atoms with Crippen molar-refractivity contribution in [3.05, 3.63) is 59.4 Å². The molecule has 0 unspecified atom stereocenters. The lowest BCUT2D eigenvalue weighted by Crippen LogP contribution is -2.35. The number of nitrogens with one attached hydrogen (secondary N) is 1. The molecule has 1 atom stereocenters. The highest BCUT2D eigenvalue weighted by Gasteiger charge is 2.11. The average Bonchev–Trinajstić information content (AvgIpc) is 3.06. The zero-order chi connectivity index (χ0) is 16.9. The van der Waals surface area contributed by atoms with E-state index in [2.05, 4.69) is 10.3 Å². The first-order chi connectivity index (χ1) is 11.6. The van der Waals surface area contributed by atoms with Gasteiger partial charge in [-0.05, 0) is 41.8 Å². The Bertz CT molecular complexity index is 835. The standard InChI is InChI=1S/C17H15FN2O3S/c18-12-1-3-14(4-2-12)23-10-13(21)9-20-17(22)11-7-16-15(19-8-11)5-6-24-16/h1-8,13,21H,9-10H2,(H,20,22)/t13-/m0/s1. The molecule has 1 amide bonds. The highest BCUT2D eigenvalue weighted by Crippen LogP contribution is 2.19. The molecule has 0 saturated carbocycles. The van der Waals surface area contributed by atoms with E-state index >= 15 is 0 Å². The number of fused-ring (bicyclic) bond motifs is 1. The van der Waals surface area contributed by atoms with E-state index in [4.69, 9.17) is 4.74 Å². The molecule has 2 heterocycles. The van der Waals surface area contributed by atoms with Crippen molar-refractivity contribution in [2.24, 2.45) is 0 Å². The molecule has 3 rings (SSSR count). The van der Waals surface area contributed by atoms with E-state index < -0.39 is 6.10 Å². The molecule has 5 nitrogen and oxygen atoms in total. The number of aromatic nitrogens is 1. The van der Waals surface area contributed by atoms with Crippen molar-refractivity contribution in [3.63, 3.8) is 0 Å². The van der Waals surface area contributed by atoms with Crippen molar-refractivity contribution < 1.29 is 19.0 Å². The molecule has 2 aromatic heterocycles. The number of pyridine rings is 1. The maximum atomic E-state index is 12.8. The SMILES string of the molecule is O=C(NC[C@H](O)COc1ccc(F)cc1)c1cnc2ccsc2c1. The van der Waals surface area contributed by atoms with Crippen molar-refractivity contribution in [2.75, 3.05) is 13.2 Å². The predicted octanol–water partition coefficient (Wildman–Crippen LogP) is 2.61. The maximum Gasteiger partial charge on any atom is 0.252 e. The molecule has 0 spiro atoms. The number of aliphatic hydroxyl groups is 1. The second kappa shape index (κ2) is 7.37. The highest BCUT2D eigenvalue weighted by molar-refractivity contribution is 7.17. The van der Waals surface area contributed by atoms with Crippen LogP contribution < -0.4 is 10.1 Å². The van der Waals surface area contributed by atoms with E-state index in [1.54, 1.807) is 6.07 Å². The first-order valence-corrected chi connectivity index (χ1v) is 8.17. The summed E-state index contributed by atoms with van der Waals surface area (Å²) >= 11 is 1.51. The largest absolute Gasteiger partial charge is 0.491 e. The fourth-order valence-corrected chi connectivity index (χ4v) is 2.85. The molecule has 124 valence electrons. The van der Waals surface area contributed by atoms with Crippen LogP contribution in [0.3, 0.4) is 0 Å². The van der Waals surface area contributed by atoms with Gasteiger partial charge in [-0.3, -0.25) is 9.78 Å². The maximum absolute atomic E-state index is 12.8. The number of hydrogen-bond acceptors (Lipinski definition) is 5. The topological polar surface area (TPSA) is 71.5 Å². The van der Waals surface area contributed by atoms with Crippen LogP contribution in [-0.2, 0) is 0 Å². The van der Waals surface area contributed by atoms with E-state index in [0.29, 0.717) is 11.3 Å². The third-order valence-corrected chi connectivity index (χ3v) is 4.17. The molecule has 1 aromatic carbocycles. The molecule has 0 aliphatic rings. The number of carbonyl (C=O) groups is 1.